The van der Waals surface area contributed by atoms with Crippen LogP contribution in [0.4, 0.5) is 0 Å². The Bertz CT molecular complexity index is 723. The number of amides is 2. The van der Waals surface area contributed by atoms with E-state index < -0.39 is 5.41 Å². The first kappa shape index (κ1) is 21.8. The van der Waals surface area contributed by atoms with Crippen molar-refractivity contribution in [1.29, 1.82) is 0 Å². The third-order valence-electron chi connectivity index (χ3n) is 6.85. The molecule has 5 nitrogen and oxygen atoms in total. The van der Waals surface area contributed by atoms with Gasteiger partial charge in [-0.2, -0.15) is 0 Å². The summed E-state index contributed by atoms with van der Waals surface area (Å²) in [5, 5.41) is 0. The molecule has 0 aromatic heterocycles. The smallest absolute Gasteiger partial charge is 0.224 e. The molecule has 0 saturated carbocycles. The molecule has 2 N–H and O–H groups in total. The summed E-state index contributed by atoms with van der Waals surface area (Å²) in [5.74, 6) is 0.964. The van der Waals surface area contributed by atoms with Crippen molar-refractivity contribution in [3.05, 3.63) is 35.4 Å². The highest BCUT2D eigenvalue weighted by atomic mass is 16.2. The van der Waals surface area contributed by atoms with Crippen LogP contribution in [0.3, 0.4) is 0 Å². The van der Waals surface area contributed by atoms with Crippen LogP contribution in [-0.4, -0.2) is 54.3 Å². The maximum absolute atomic E-state index is 12.6. The van der Waals surface area contributed by atoms with Crippen molar-refractivity contribution < 1.29 is 9.59 Å². The molecule has 1 aromatic carbocycles. The van der Waals surface area contributed by atoms with Crippen molar-refractivity contribution in [2.45, 2.75) is 58.8 Å². The number of rotatable bonds is 6. The minimum atomic E-state index is -0.460. The number of benzene rings is 1. The van der Waals surface area contributed by atoms with Gasteiger partial charge in [0, 0.05) is 32.5 Å². The van der Waals surface area contributed by atoms with Gasteiger partial charge in [-0.3, -0.25) is 9.59 Å². The Morgan fingerprint density at radius 3 is 2.48 bits per heavy atom. The predicted octanol–water partition coefficient (Wildman–Crippen LogP) is 3.18. The molecule has 2 amide bonds. The number of carbonyl (C=O) groups is 2. The van der Waals surface area contributed by atoms with Gasteiger partial charge in [0.25, 0.3) is 0 Å². The summed E-state index contributed by atoms with van der Waals surface area (Å²) in [6.07, 6.45) is 4.49. The monoisotopic (exact) mass is 399 g/mol. The van der Waals surface area contributed by atoms with Crippen molar-refractivity contribution in [1.82, 2.24) is 9.80 Å². The Morgan fingerprint density at radius 2 is 1.86 bits per heavy atom. The van der Waals surface area contributed by atoms with Crippen molar-refractivity contribution in [2.75, 3.05) is 32.7 Å². The molecule has 1 unspecified atom stereocenters. The maximum Gasteiger partial charge on any atom is 0.224 e. The number of piperidine rings is 2. The van der Waals surface area contributed by atoms with Crippen LogP contribution in [0.5, 0.6) is 0 Å². The van der Waals surface area contributed by atoms with Gasteiger partial charge < -0.3 is 15.5 Å². The van der Waals surface area contributed by atoms with Gasteiger partial charge in [-0.15, -0.1) is 0 Å². The highest BCUT2D eigenvalue weighted by molar-refractivity contribution is 5.81. The summed E-state index contributed by atoms with van der Waals surface area (Å²) in [4.78, 5) is 28.9. The van der Waals surface area contributed by atoms with Crippen LogP contribution in [0, 0.1) is 11.3 Å². The van der Waals surface area contributed by atoms with E-state index in [4.69, 9.17) is 5.73 Å². The van der Waals surface area contributed by atoms with Crippen LogP contribution in [-0.2, 0) is 16.0 Å². The zero-order chi connectivity index (χ0) is 21.0. The standard InChI is InChI=1S/C24H37N3O2/c1-18(2)16-26-13-10-24(11-14-26,23(25)29)15-20-7-4-5-9-22(20)21-8-6-12-27(17-21)19(3)28/h4-5,7,9,18,21H,6,8,10-17H2,1-3H3,(H2,25,29). The lowest BCUT2D eigenvalue weighted by Crippen LogP contribution is -2.49. The van der Waals surface area contributed by atoms with Crippen LogP contribution >= 0.6 is 0 Å². The number of hydrogen-bond acceptors (Lipinski definition) is 3. The third kappa shape index (κ3) is 5.19. The lowest BCUT2D eigenvalue weighted by atomic mass is 9.71. The quantitative estimate of drug-likeness (QED) is 0.799. The minimum absolute atomic E-state index is 0.151. The Labute approximate surface area is 175 Å². The molecule has 160 valence electrons. The van der Waals surface area contributed by atoms with Crippen molar-refractivity contribution in [3.8, 4) is 0 Å². The molecule has 2 fully saturated rings. The minimum Gasteiger partial charge on any atom is -0.369 e. The average molecular weight is 400 g/mol. The van der Waals surface area contributed by atoms with E-state index in [1.54, 1.807) is 6.92 Å². The lowest BCUT2D eigenvalue weighted by molar-refractivity contribution is -0.130. The largest absolute Gasteiger partial charge is 0.369 e. The van der Waals surface area contributed by atoms with E-state index in [2.05, 4.69) is 43.0 Å². The predicted molar refractivity (Wildman–Crippen MR) is 117 cm³/mol. The number of nitrogens with zero attached hydrogens (tertiary/aromatic N) is 2. The van der Waals surface area contributed by atoms with Gasteiger partial charge in [-0.25, -0.2) is 0 Å². The fourth-order valence-electron chi connectivity index (χ4n) is 5.17. The molecule has 1 aromatic rings. The summed E-state index contributed by atoms with van der Waals surface area (Å²) in [7, 11) is 0. The Balaban J connectivity index is 1.78. The molecule has 2 saturated heterocycles. The summed E-state index contributed by atoms with van der Waals surface area (Å²) in [5.41, 5.74) is 8.05. The summed E-state index contributed by atoms with van der Waals surface area (Å²) >= 11 is 0. The molecule has 2 aliphatic rings. The van der Waals surface area contributed by atoms with Gasteiger partial charge in [0.1, 0.15) is 0 Å². The van der Waals surface area contributed by atoms with E-state index in [0.717, 1.165) is 58.4 Å². The van der Waals surface area contributed by atoms with Crippen LogP contribution < -0.4 is 5.73 Å². The first-order valence-corrected chi connectivity index (χ1v) is 11.2. The van der Waals surface area contributed by atoms with Gasteiger partial charge >= 0.3 is 0 Å². The fourth-order valence-corrected chi connectivity index (χ4v) is 5.17. The maximum atomic E-state index is 12.6. The van der Waals surface area contributed by atoms with E-state index in [-0.39, 0.29) is 11.8 Å². The fraction of sp³-hybridized carbons (Fsp3) is 0.667. The molecule has 0 aliphatic carbocycles. The molecule has 5 heteroatoms. The van der Waals surface area contributed by atoms with E-state index in [1.165, 1.54) is 11.1 Å². The van der Waals surface area contributed by atoms with Gasteiger partial charge in [0.2, 0.25) is 11.8 Å². The molecular formula is C24H37N3O2. The Morgan fingerprint density at radius 1 is 1.17 bits per heavy atom. The Hall–Kier alpha value is -1.88. The Kier molecular flexibility index (Phi) is 6.99. The highest BCUT2D eigenvalue weighted by Gasteiger charge is 2.40. The van der Waals surface area contributed by atoms with Crippen LogP contribution in [0.1, 0.15) is 63.5 Å². The zero-order valence-electron chi connectivity index (χ0n) is 18.3. The van der Waals surface area contributed by atoms with Gasteiger partial charge in [-0.1, -0.05) is 38.1 Å². The topological polar surface area (TPSA) is 66.6 Å². The zero-order valence-corrected chi connectivity index (χ0v) is 18.3. The van der Waals surface area contributed by atoms with Crippen LogP contribution in [0.2, 0.25) is 0 Å². The molecule has 0 bridgehead atoms. The van der Waals surface area contributed by atoms with E-state index in [1.807, 2.05) is 4.90 Å². The molecule has 3 rings (SSSR count). The average Bonchev–Trinajstić information content (AvgIpc) is 2.69. The van der Waals surface area contributed by atoms with Crippen LogP contribution in [0.15, 0.2) is 24.3 Å². The SMILES string of the molecule is CC(=O)N1CCCC(c2ccccc2CC2(C(N)=O)CCN(CC(C)C)CC2)C1. The van der Waals surface area contributed by atoms with Crippen LogP contribution in [0.25, 0.3) is 0 Å². The number of nitrogens with two attached hydrogens (primary N) is 1. The highest BCUT2D eigenvalue weighted by Crippen LogP contribution is 2.38. The first-order chi connectivity index (χ1) is 13.8. The second kappa shape index (κ2) is 9.29. The normalized spacial score (nSPS) is 22.6. The summed E-state index contributed by atoms with van der Waals surface area (Å²) in [6, 6.07) is 8.49. The van der Waals surface area contributed by atoms with Crippen molar-refractivity contribution in [3.63, 3.8) is 0 Å². The van der Waals surface area contributed by atoms with Gasteiger partial charge in [0.05, 0.1) is 5.41 Å². The summed E-state index contributed by atoms with van der Waals surface area (Å²) in [6.45, 7) is 10.7. The molecule has 0 radical (unpaired) electrons. The molecule has 1 atom stereocenters. The van der Waals surface area contributed by atoms with Crippen molar-refractivity contribution >= 4 is 11.8 Å². The molecule has 2 aliphatic heterocycles. The number of primary amides is 1. The van der Waals surface area contributed by atoms with Gasteiger partial charge in [-0.05, 0) is 62.2 Å². The second-order valence-corrected chi connectivity index (χ2v) is 9.52. The van der Waals surface area contributed by atoms with E-state index in [0.29, 0.717) is 18.3 Å². The number of likely N-dealkylation sites (tertiary alicyclic amines) is 2. The number of hydrogen-bond donors (Lipinski definition) is 1. The third-order valence-corrected chi connectivity index (χ3v) is 6.85. The first-order valence-electron chi connectivity index (χ1n) is 11.2. The lowest BCUT2D eigenvalue weighted by Gasteiger charge is -2.41. The van der Waals surface area contributed by atoms with E-state index >= 15 is 0 Å². The molecule has 0 spiro atoms. The second-order valence-electron chi connectivity index (χ2n) is 9.52. The van der Waals surface area contributed by atoms with E-state index in [9.17, 15) is 9.59 Å². The number of carbonyl (C=O) groups excluding carboxylic acids is 2. The molecule has 2 heterocycles. The van der Waals surface area contributed by atoms with Gasteiger partial charge in [0.15, 0.2) is 0 Å². The molecular weight excluding hydrogens is 362 g/mol. The molecule has 29 heavy (non-hydrogen) atoms. The summed E-state index contributed by atoms with van der Waals surface area (Å²) < 4.78 is 0. The van der Waals surface area contributed by atoms with Crippen molar-refractivity contribution in [2.24, 2.45) is 17.1 Å².